The number of nitrogens with one attached hydrogen (secondary N) is 1. The highest BCUT2D eigenvalue weighted by molar-refractivity contribution is 7.90. The number of furan rings is 1. The number of anilines is 2. The second-order valence-electron chi connectivity index (χ2n) is 9.39. The number of carbonyl (C=O) groups excluding carboxylic acids is 1. The predicted octanol–water partition coefficient (Wildman–Crippen LogP) is 2.36. The quantitative estimate of drug-likeness (QED) is 0.531. The van der Waals surface area contributed by atoms with Gasteiger partial charge in [-0.2, -0.15) is 0 Å². The van der Waals surface area contributed by atoms with E-state index in [1.807, 2.05) is 11.0 Å². The van der Waals surface area contributed by atoms with Crippen molar-refractivity contribution in [2.75, 3.05) is 42.7 Å². The number of rotatable bonds is 5. The summed E-state index contributed by atoms with van der Waals surface area (Å²) in [5, 5.41) is 4.92. The van der Waals surface area contributed by atoms with E-state index in [-0.39, 0.29) is 11.4 Å². The summed E-state index contributed by atoms with van der Waals surface area (Å²) in [5.74, 6) is 1.09. The molecule has 180 valence electrons. The van der Waals surface area contributed by atoms with Crippen LogP contribution < -0.4 is 15.5 Å². The summed E-state index contributed by atoms with van der Waals surface area (Å²) in [5.41, 5.74) is 1.88. The Balaban J connectivity index is 1.36. The van der Waals surface area contributed by atoms with Crippen molar-refractivity contribution in [2.24, 2.45) is 0 Å². The van der Waals surface area contributed by atoms with Crippen LogP contribution in [0.2, 0.25) is 0 Å². The molecule has 1 unspecified atom stereocenters. The number of sulfone groups is 1. The molecular formula is C23H28N5O4PS. The minimum atomic E-state index is -3.26. The van der Waals surface area contributed by atoms with E-state index < -0.39 is 9.84 Å². The SMILES string of the molecule is Cc1oc2ncnc(NC3(C)CC3)c2c1C(=O)N1CCN(c2ccc(S(C)(=O)=O)cc2P)CC1. The van der Waals surface area contributed by atoms with Gasteiger partial charge in [0.05, 0.1) is 15.8 Å². The first-order valence-corrected chi connectivity index (χ1v) is 13.7. The van der Waals surface area contributed by atoms with Crippen molar-refractivity contribution in [3.05, 3.63) is 35.9 Å². The normalized spacial score (nSPS) is 17.8. The Kier molecular flexibility index (Phi) is 5.56. The van der Waals surface area contributed by atoms with E-state index in [1.54, 1.807) is 19.1 Å². The van der Waals surface area contributed by atoms with Crippen LogP contribution in [0.1, 0.15) is 35.9 Å². The molecule has 9 nitrogen and oxygen atoms in total. The number of carbonyl (C=O) groups is 1. The van der Waals surface area contributed by atoms with Crippen LogP contribution in [0.5, 0.6) is 0 Å². The molecule has 1 atom stereocenters. The number of aromatic nitrogens is 2. The molecule has 1 aliphatic carbocycles. The van der Waals surface area contributed by atoms with Crippen LogP contribution in [0.15, 0.2) is 33.8 Å². The summed E-state index contributed by atoms with van der Waals surface area (Å²) in [6, 6.07) is 5.13. The first-order chi connectivity index (χ1) is 16.1. The lowest BCUT2D eigenvalue weighted by Gasteiger charge is -2.36. The van der Waals surface area contributed by atoms with Crippen molar-refractivity contribution in [3.8, 4) is 0 Å². The minimum Gasteiger partial charge on any atom is -0.442 e. The number of piperazine rings is 1. The second kappa shape index (κ2) is 8.20. The van der Waals surface area contributed by atoms with Crippen molar-refractivity contribution in [2.45, 2.75) is 37.1 Å². The summed E-state index contributed by atoms with van der Waals surface area (Å²) in [6.45, 7) is 6.28. The average molecular weight is 502 g/mol. The smallest absolute Gasteiger partial charge is 0.258 e. The van der Waals surface area contributed by atoms with Gasteiger partial charge < -0.3 is 19.5 Å². The van der Waals surface area contributed by atoms with E-state index in [0.717, 1.165) is 23.8 Å². The van der Waals surface area contributed by atoms with E-state index in [4.69, 9.17) is 4.42 Å². The third-order valence-electron chi connectivity index (χ3n) is 6.63. The molecule has 3 aromatic rings. The number of fused-ring (bicyclic) bond motifs is 1. The van der Waals surface area contributed by atoms with Crippen LogP contribution in [0.3, 0.4) is 0 Å². The first-order valence-electron chi connectivity index (χ1n) is 11.2. The van der Waals surface area contributed by atoms with Gasteiger partial charge in [-0.1, -0.05) is 0 Å². The lowest BCUT2D eigenvalue weighted by Crippen LogP contribution is -2.49. The molecule has 34 heavy (non-hydrogen) atoms. The van der Waals surface area contributed by atoms with Gasteiger partial charge in [0.15, 0.2) is 9.84 Å². The van der Waals surface area contributed by atoms with Crippen molar-refractivity contribution in [3.63, 3.8) is 0 Å². The maximum absolute atomic E-state index is 13.6. The van der Waals surface area contributed by atoms with Gasteiger partial charge in [-0.05, 0) is 50.2 Å². The fourth-order valence-corrected chi connectivity index (χ4v) is 5.59. The molecule has 0 spiro atoms. The molecule has 2 fully saturated rings. The molecule has 1 N–H and O–H groups in total. The maximum atomic E-state index is 13.6. The molecule has 2 aromatic heterocycles. The van der Waals surface area contributed by atoms with Crippen LogP contribution in [-0.2, 0) is 9.84 Å². The van der Waals surface area contributed by atoms with Gasteiger partial charge in [0.25, 0.3) is 5.91 Å². The standard InChI is InChI=1S/C23H28N5O4PS/c1-14-18(19-20(26-23(2)6-7-23)24-13-25-21(19)32-14)22(29)28-10-8-27(9-11-28)16-5-4-15(12-17(16)33)34(3,30)31/h4-5,12-13H,6-11,33H2,1-3H3,(H,24,25,26). The Bertz CT molecular complexity index is 1390. The number of hydrogen-bond acceptors (Lipinski definition) is 8. The Morgan fingerprint density at radius 2 is 1.88 bits per heavy atom. The Labute approximate surface area is 201 Å². The van der Waals surface area contributed by atoms with Crippen molar-refractivity contribution < 1.29 is 17.6 Å². The summed E-state index contributed by atoms with van der Waals surface area (Å²) in [4.78, 5) is 26.5. The highest BCUT2D eigenvalue weighted by Crippen LogP contribution is 2.40. The summed E-state index contributed by atoms with van der Waals surface area (Å²) >= 11 is 0. The predicted molar refractivity (Wildman–Crippen MR) is 135 cm³/mol. The van der Waals surface area contributed by atoms with Gasteiger partial charge >= 0.3 is 0 Å². The maximum Gasteiger partial charge on any atom is 0.258 e. The molecule has 1 amide bonds. The van der Waals surface area contributed by atoms with E-state index in [9.17, 15) is 13.2 Å². The molecular weight excluding hydrogens is 473 g/mol. The summed E-state index contributed by atoms with van der Waals surface area (Å²) < 4.78 is 29.5. The third-order valence-corrected chi connectivity index (χ3v) is 8.21. The molecule has 0 bridgehead atoms. The van der Waals surface area contributed by atoms with E-state index in [1.165, 1.54) is 12.6 Å². The van der Waals surface area contributed by atoms with Gasteiger partial charge in [0, 0.05) is 43.7 Å². The first kappa shape index (κ1) is 23.1. The third kappa shape index (κ3) is 4.25. The Morgan fingerprint density at radius 1 is 1.18 bits per heavy atom. The average Bonchev–Trinajstić information content (AvgIpc) is 3.40. The topological polar surface area (TPSA) is 109 Å². The van der Waals surface area contributed by atoms with Gasteiger partial charge in [-0.3, -0.25) is 4.79 Å². The van der Waals surface area contributed by atoms with Crippen LogP contribution >= 0.6 is 9.24 Å². The number of hydrogen-bond donors (Lipinski definition) is 1. The monoisotopic (exact) mass is 501 g/mol. The van der Waals surface area contributed by atoms with E-state index in [0.29, 0.717) is 59.3 Å². The largest absolute Gasteiger partial charge is 0.442 e. The van der Waals surface area contributed by atoms with Gasteiger partial charge in [-0.15, -0.1) is 9.24 Å². The number of benzene rings is 1. The Hall–Kier alpha value is -2.71. The molecule has 2 aliphatic rings. The van der Waals surface area contributed by atoms with Crippen molar-refractivity contribution in [1.82, 2.24) is 14.9 Å². The second-order valence-corrected chi connectivity index (χ2v) is 12.0. The fourth-order valence-electron chi connectivity index (χ4n) is 4.35. The molecule has 3 heterocycles. The molecule has 1 aromatic carbocycles. The number of amides is 1. The number of nitrogens with zero attached hydrogens (tertiary/aromatic N) is 4. The van der Waals surface area contributed by atoms with Gasteiger partial charge in [-0.25, -0.2) is 18.4 Å². The lowest BCUT2D eigenvalue weighted by molar-refractivity contribution is 0.0746. The van der Waals surface area contributed by atoms with Crippen LogP contribution in [0.25, 0.3) is 11.1 Å². The van der Waals surface area contributed by atoms with Crippen LogP contribution in [0, 0.1) is 6.92 Å². The molecule has 1 saturated carbocycles. The highest BCUT2D eigenvalue weighted by Gasteiger charge is 2.39. The molecule has 0 radical (unpaired) electrons. The van der Waals surface area contributed by atoms with Crippen LogP contribution in [0.4, 0.5) is 11.5 Å². The lowest BCUT2D eigenvalue weighted by atomic mass is 10.1. The van der Waals surface area contributed by atoms with Crippen molar-refractivity contribution in [1.29, 1.82) is 0 Å². The minimum absolute atomic E-state index is 0.000923. The zero-order valence-corrected chi connectivity index (χ0v) is 21.4. The number of aryl methyl sites for hydroxylation is 1. The highest BCUT2D eigenvalue weighted by atomic mass is 32.2. The zero-order valence-electron chi connectivity index (χ0n) is 19.5. The summed E-state index contributed by atoms with van der Waals surface area (Å²) in [6.07, 6.45) is 4.78. The zero-order chi connectivity index (χ0) is 24.3. The van der Waals surface area contributed by atoms with Crippen molar-refractivity contribution >= 4 is 52.9 Å². The summed E-state index contributed by atoms with van der Waals surface area (Å²) in [7, 11) is -0.639. The molecule has 11 heteroatoms. The molecule has 1 saturated heterocycles. The molecule has 1 aliphatic heterocycles. The van der Waals surface area contributed by atoms with E-state index in [2.05, 4.69) is 36.3 Å². The van der Waals surface area contributed by atoms with Crippen LogP contribution in [-0.4, -0.2) is 67.2 Å². The van der Waals surface area contributed by atoms with Gasteiger partial charge in [0.2, 0.25) is 5.71 Å². The fraction of sp³-hybridized carbons (Fsp3) is 0.435. The molecule has 5 rings (SSSR count). The Morgan fingerprint density at radius 3 is 2.50 bits per heavy atom. The van der Waals surface area contributed by atoms with E-state index >= 15 is 0 Å². The van der Waals surface area contributed by atoms with Gasteiger partial charge in [0.1, 0.15) is 17.9 Å².